The van der Waals surface area contributed by atoms with Crippen molar-refractivity contribution in [2.24, 2.45) is 0 Å². The molecule has 1 saturated heterocycles. The number of hydrogen-bond acceptors (Lipinski definition) is 2. The van der Waals surface area contributed by atoms with E-state index in [1.165, 1.54) is 12.0 Å². The highest BCUT2D eigenvalue weighted by Crippen LogP contribution is 2.40. The topological polar surface area (TPSA) is 18.5 Å². The molecule has 0 radical (unpaired) electrons. The Balaban J connectivity index is 1.74. The predicted molar refractivity (Wildman–Crippen MR) is 94.0 cm³/mol. The van der Waals surface area contributed by atoms with E-state index in [1.807, 2.05) is 0 Å². The molecule has 2 nitrogen and oxygen atoms in total. The third kappa shape index (κ3) is 4.24. The van der Waals surface area contributed by atoms with Gasteiger partial charge >= 0.3 is 7.12 Å². The standard InChI is InChI=1S/C19H29BO2/c1-16(20-21-18(2,3)19(4,5)22-20)12-8-6-9-13-17-14-10-7-11-15-17/h7-8,10-12,14-16H,6,9,13H2,1-5H3/b12-8+. The molecule has 1 unspecified atom stereocenters. The highest BCUT2D eigenvalue weighted by Gasteiger charge is 2.52. The predicted octanol–water partition coefficient (Wildman–Crippen LogP) is 5.05. The first-order valence-corrected chi connectivity index (χ1v) is 8.38. The van der Waals surface area contributed by atoms with E-state index in [4.69, 9.17) is 9.31 Å². The lowest BCUT2D eigenvalue weighted by atomic mass is 9.73. The molecule has 0 aromatic heterocycles. The van der Waals surface area contributed by atoms with Gasteiger partial charge in [-0.15, -0.1) is 0 Å². The highest BCUT2D eigenvalue weighted by molar-refractivity contribution is 6.48. The van der Waals surface area contributed by atoms with E-state index < -0.39 is 0 Å². The van der Waals surface area contributed by atoms with Gasteiger partial charge in [0.2, 0.25) is 0 Å². The molecule has 1 aliphatic rings. The third-order valence-electron chi connectivity index (χ3n) is 4.82. The van der Waals surface area contributed by atoms with Crippen molar-refractivity contribution < 1.29 is 9.31 Å². The van der Waals surface area contributed by atoms with E-state index in [0.717, 1.165) is 12.8 Å². The monoisotopic (exact) mass is 300 g/mol. The minimum Gasteiger partial charge on any atom is -0.403 e. The molecule has 1 aromatic carbocycles. The van der Waals surface area contributed by atoms with Gasteiger partial charge in [0.1, 0.15) is 0 Å². The van der Waals surface area contributed by atoms with Crippen molar-refractivity contribution in [3.8, 4) is 0 Å². The average molecular weight is 300 g/mol. The largest absolute Gasteiger partial charge is 0.464 e. The summed E-state index contributed by atoms with van der Waals surface area (Å²) < 4.78 is 12.2. The Bertz CT molecular complexity index is 477. The van der Waals surface area contributed by atoms with Gasteiger partial charge < -0.3 is 9.31 Å². The van der Waals surface area contributed by atoms with Crippen molar-refractivity contribution in [1.29, 1.82) is 0 Å². The zero-order valence-corrected chi connectivity index (χ0v) is 14.6. The second-order valence-corrected chi connectivity index (χ2v) is 7.29. The Hall–Kier alpha value is -1.06. The summed E-state index contributed by atoms with van der Waals surface area (Å²) in [6.45, 7) is 10.6. The van der Waals surface area contributed by atoms with E-state index in [9.17, 15) is 0 Å². The molecule has 1 heterocycles. The van der Waals surface area contributed by atoms with Crippen molar-refractivity contribution in [2.75, 3.05) is 0 Å². The number of aryl methyl sites for hydroxylation is 1. The Morgan fingerprint density at radius 1 is 1.05 bits per heavy atom. The van der Waals surface area contributed by atoms with Crippen LogP contribution < -0.4 is 0 Å². The Labute approximate surface area is 136 Å². The van der Waals surface area contributed by atoms with Crippen molar-refractivity contribution in [3.05, 3.63) is 48.0 Å². The summed E-state index contributed by atoms with van der Waals surface area (Å²) in [5.41, 5.74) is 0.926. The van der Waals surface area contributed by atoms with Crippen LogP contribution in [0.15, 0.2) is 42.5 Å². The van der Waals surface area contributed by atoms with Crippen molar-refractivity contribution >= 4 is 7.12 Å². The third-order valence-corrected chi connectivity index (χ3v) is 4.82. The van der Waals surface area contributed by atoms with E-state index in [0.29, 0.717) is 0 Å². The number of hydrogen-bond donors (Lipinski definition) is 0. The number of unbranched alkanes of at least 4 members (excludes halogenated alkanes) is 1. The maximum atomic E-state index is 6.08. The number of rotatable bonds is 6. The molecule has 1 fully saturated rings. The van der Waals surface area contributed by atoms with Gasteiger partial charge in [0.15, 0.2) is 0 Å². The van der Waals surface area contributed by atoms with Gasteiger partial charge in [-0.25, -0.2) is 0 Å². The van der Waals surface area contributed by atoms with Gasteiger partial charge in [0.05, 0.1) is 11.2 Å². The first-order valence-electron chi connectivity index (χ1n) is 8.38. The maximum absolute atomic E-state index is 6.08. The quantitative estimate of drug-likeness (QED) is 0.416. The fraction of sp³-hybridized carbons (Fsp3) is 0.579. The number of benzene rings is 1. The smallest absolute Gasteiger partial charge is 0.403 e. The lowest BCUT2D eigenvalue weighted by molar-refractivity contribution is 0.00578. The molecule has 0 bridgehead atoms. The van der Waals surface area contributed by atoms with Crippen LogP contribution in [0.3, 0.4) is 0 Å². The molecule has 120 valence electrons. The lowest BCUT2D eigenvalue weighted by Gasteiger charge is -2.32. The molecule has 0 spiro atoms. The minimum atomic E-state index is -0.243. The molecule has 0 saturated carbocycles. The molecule has 1 atom stereocenters. The Morgan fingerprint density at radius 2 is 1.64 bits per heavy atom. The normalized spacial score (nSPS) is 21.4. The van der Waals surface area contributed by atoms with E-state index in [1.54, 1.807) is 0 Å². The molecule has 1 aliphatic heterocycles. The zero-order chi connectivity index (χ0) is 16.2. The first-order chi connectivity index (χ1) is 10.3. The fourth-order valence-corrected chi connectivity index (χ4v) is 2.57. The molecule has 3 heteroatoms. The van der Waals surface area contributed by atoms with E-state index in [-0.39, 0.29) is 24.1 Å². The molecule has 2 rings (SSSR count). The van der Waals surface area contributed by atoms with Crippen LogP contribution in [0.2, 0.25) is 5.82 Å². The summed E-state index contributed by atoms with van der Waals surface area (Å²) >= 11 is 0. The van der Waals surface area contributed by atoms with Crippen LogP contribution in [0.1, 0.15) is 53.0 Å². The van der Waals surface area contributed by atoms with E-state index >= 15 is 0 Å². The molecule has 0 N–H and O–H groups in total. The van der Waals surface area contributed by atoms with Crippen LogP contribution in [0.4, 0.5) is 0 Å². The van der Waals surface area contributed by atoms with Gasteiger partial charge in [0.25, 0.3) is 0 Å². The number of allylic oxidation sites excluding steroid dienone is 2. The maximum Gasteiger partial charge on any atom is 0.464 e. The second kappa shape index (κ2) is 7.01. The van der Waals surface area contributed by atoms with Gasteiger partial charge in [0, 0.05) is 5.82 Å². The molecule has 22 heavy (non-hydrogen) atoms. The van der Waals surface area contributed by atoms with Crippen molar-refractivity contribution in [1.82, 2.24) is 0 Å². The summed E-state index contributed by atoms with van der Waals surface area (Å²) in [7, 11) is -0.143. The molecule has 0 amide bonds. The Kier molecular flexibility index (Phi) is 5.52. The van der Waals surface area contributed by atoms with Crippen LogP contribution >= 0.6 is 0 Å². The van der Waals surface area contributed by atoms with Gasteiger partial charge in [-0.3, -0.25) is 0 Å². The first kappa shape index (κ1) is 17.3. The molecule has 0 aliphatic carbocycles. The average Bonchev–Trinajstić information content (AvgIpc) is 2.68. The van der Waals surface area contributed by atoms with E-state index in [2.05, 4.69) is 77.1 Å². The van der Waals surface area contributed by atoms with Crippen LogP contribution in [0, 0.1) is 0 Å². The second-order valence-electron chi connectivity index (χ2n) is 7.29. The van der Waals surface area contributed by atoms with Crippen molar-refractivity contribution in [2.45, 2.75) is 70.9 Å². The summed E-state index contributed by atoms with van der Waals surface area (Å²) in [6.07, 6.45) is 7.90. The van der Waals surface area contributed by atoms with Crippen molar-refractivity contribution in [3.63, 3.8) is 0 Å². The van der Waals surface area contributed by atoms with Gasteiger partial charge in [-0.1, -0.05) is 49.4 Å². The SMILES string of the molecule is CC(/C=C/CCCc1ccccc1)B1OC(C)(C)C(C)(C)O1. The minimum absolute atomic E-state index is 0.143. The Morgan fingerprint density at radius 3 is 2.23 bits per heavy atom. The highest BCUT2D eigenvalue weighted by atomic mass is 16.7. The van der Waals surface area contributed by atoms with Crippen LogP contribution in [-0.4, -0.2) is 18.3 Å². The summed E-state index contributed by atoms with van der Waals surface area (Å²) in [4.78, 5) is 0. The zero-order valence-electron chi connectivity index (χ0n) is 14.6. The molecular formula is C19H29BO2. The van der Waals surface area contributed by atoms with Crippen LogP contribution in [0.5, 0.6) is 0 Å². The lowest BCUT2D eigenvalue weighted by Crippen LogP contribution is -2.41. The summed E-state index contributed by atoms with van der Waals surface area (Å²) in [6, 6.07) is 10.7. The van der Waals surface area contributed by atoms with Crippen LogP contribution in [-0.2, 0) is 15.7 Å². The van der Waals surface area contributed by atoms with Gasteiger partial charge in [-0.2, -0.15) is 0 Å². The summed E-state index contributed by atoms with van der Waals surface area (Å²) in [5, 5.41) is 0. The van der Waals surface area contributed by atoms with Crippen LogP contribution in [0.25, 0.3) is 0 Å². The summed E-state index contributed by atoms with van der Waals surface area (Å²) in [5.74, 6) is 0.276. The molecule has 1 aromatic rings. The van der Waals surface area contributed by atoms with Gasteiger partial charge in [-0.05, 0) is 52.5 Å². The fourth-order valence-electron chi connectivity index (χ4n) is 2.57. The molecular weight excluding hydrogens is 271 g/mol.